The number of carbonyl (C=O) groups is 2. The average Bonchev–Trinajstić information content (AvgIpc) is 3.18. The molecule has 11 heteroatoms. The van der Waals surface area contributed by atoms with Crippen molar-refractivity contribution in [2.75, 3.05) is 47.5 Å². The minimum Gasteiger partial charge on any atom is -0.756 e. The first-order valence-corrected chi connectivity index (χ1v) is 23.2. The van der Waals surface area contributed by atoms with Gasteiger partial charge >= 0.3 is 11.9 Å². The normalized spacial score (nSPS) is 15.2. The lowest BCUT2D eigenvalue weighted by Gasteiger charge is -2.28. The smallest absolute Gasteiger partial charge is 0.306 e. The Kier molecular flexibility index (Phi) is 36.6. The number of hydrogen-bond donors (Lipinski definition) is 1. The maximum absolute atomic E-state index is 12.6. The molecule has 0 rings (SSSR count). The lowest BCUT2D eigenvalue weighted by Crippen LogP contribution is -2.37. The second kappa shape index (κ2) is 38.8. The largest absolute Gasteiger partial charge is 0.756 e. The van der Waals surface area contributed by atoms with Crippen molar-refractivity contribution in [3.8, 4) is 0 Å². The van der Waals surface area contributed by atoms with Gasteiger partial charge in [0.1, 0.15) is 19.8 Å². The van der Waals surface area contributed by atoms with E-state index in [1.54, 1.807) is 12.2 Å². The van der Waals surface area contributed by atoms with Crippen molar-refractivity contribution in [3.63, 3.8) is 0 Å². The lowest BCUT2D eigenvalue weighted by molar-refractivity contribution is -0.870. The zero-order valence-electron chi connectivity index (χ0n) is 37.0. The predicted octanol–water partition coefficient (Wildman–Crippen LogP) is 10.7. The molecule has 3 atom stereocenters. The Morgan fingerprint density at radius 2 is 1.17 bits per heavy atom. The van der Waals surface area contributed by atoms with E-state index in [9.17, 15) is 24.2 Å². The molecule has 1 N–H and O–H groups in total. The summed E-state index contributed by atoms with van der Waals surface area (Å²) in [5, 5.41) is 10.1. The van der Waals surface area contributed by atoms with Crippen LogP contribution in [0.5, 0.6) is 0 Å². The number of esters is 2. The molecule has 0 aliphatic rings. The zero-order valence-corrected chi connectivity index (χ0v) is 37.9. The number of allylic oxidation sites excluding steroid dienone is 16. The number of nitrogens with zero attached hydrogens (tertiary/aromatic N) is 1. The van der Waals surface area contributed by atoms with Crippen LogP contribution in [0.4, 0.5) is 0 Å². The Morgan fingerprint density at radius 3 is 1.75 bits per heavy atom. The van der Waals surface area contributed by atoms with Gasteiger partial charge in [0, 0.05) is 12.8 Å². The van der Waals surface area contributed by atoms with E-state index in [1.807, 2.05) is 51.5 Å². The molecule has 0 bridgehead atoms. The van der Waals surface area contributed by atoms with Gasteiger partial charge < -0.3 is 33.0 Å². The highest BCUT2D eigenvalue weighted by molar-refractivity contribution is 7.45. The first-order valence-electron chi connectivity index (χ1n) is 21.7. The number of ether oxygens (including phenoxy) is 2. The van der Waals surface area contributed by atoms with Gasteiger partial charge in [-0.3, -0.25) is 14.2 Å². The Bertz CT molecular complexity index is 1380. The van der Waals surface area contributed by atoms with E-state index >= 15 is 0 Å². The first-order chi connectivity index (χ1) is 28.4. The summed E-state index contributed by atoms with van der Waals surface area (Å²) in [6, 6.07) is 0. The number of rotatable bonds is 37. The third kappa shape index (κ3) is 42.6. The van der Waals surface area contributed by atoms with Crippen molar-refractivity contribution in [1.29, 1.82) is 0 Å². The number of aliphatic hydroxyl groups excluding tert-OH is 1. The highest BCUT2D eigenvalue weighted by atomic mass is 31.2. The number of phosphoric acid groups is 1. The van der Waals surface area contributed by atoms with Crippen LogP contribution in [-0.4, -0.2) is 81.2 Å². The molecular weight excluding hydrogens is 766 g/mol. The van der Waals surface area contributed by atoms with E-state index < -0.39 is 38.6 Å². The molecule has 334 valence electrons. The number of unbranched alkanes of at least 4 members (excludes halogenated alkanes) is 5. The fraction of sp³-hybridized carbons (Fsp3) is 0.583. The third-order valence-corrected chi connectivity index (χ3v) is 9.32. The summed E-state index contributed by atoms with van der Waals surface area (Å²) in [5.74, 6) is -1.05. The van der Waals surface area contributed by atoms with Crippen LogP contribution in [0.1, 0.15) is 123 Å². The van der Waals surface area contributed by atoms with E-state index in [2.05, 4.69) is 80.7 Å². The molecule has 0 saturated heterocycles. The van der Waals surface area contributed by atoms with Crippen LogP contribution < -0.4 is 4.89 Å². The van der Waals surface area contributed by atoms with Gasteiger partial charge in [-0.2, -0.15) is 0 Å². The lowest BCUT2D eigenvalue weighted by atomic mass is 10.2. The van der Waals surface area contributed by atoms with Crippen LogP contribution >= 0.6 is 7.82 Å². The summed E-state index contributed by atoms with van der Waals surface area (Å²) in [7, 11) is 1.03. The second-order valence-electron chi connectivity index (χ2n) is 15.2. The maximum Gasteiger partial charge on any atom is 0.306 e. The van der Waals surface area contributed by atoms with E-state index in [4.69, 9.17) is 18.5 Å². The first kappa shape index (κ1) is 55.6. The molecule has 0 heterocycles. The summed E-state index contributed by atoms with van der Waals surface area (Å²) < 4.78 is 33.7. The van der Waals surface area contributed by atoms with E-state index in [1.165, 1.54) is 19.3 Å². The average molecular weight is 844 g/mol. The molecule has 0 aliphatic heterocycles. The molecule has 0 aliphatic carbocycles. The van der Waals surface area contributed by atoms with Gasteiger partial charge in [0.2, 0.25) is 0 Å². The summed E-state index contributed by atoms with van der Waals surface area (Å²) in [5.41, 5.74) is 0. The molecule has 0 spiro atoms. The highest BCUT2D eigenvalue weighted by Gasteiger charge is 2.21. The molecule has 0 saturated carbocycles. The van der Waals surface area contributed by atoms with Crippen LogP contribution in [-0.2, 0) is 32.7 Å². The summed E-state index contributed by atoms with van der Waals surface area (Å²) in [4.78, 5) is 37.5. The highest BCUT2D eigenvalue weighted by Crippen LogP contribution is 2.38. The molecule has 0 aromatic heterocycles. The molecule has 0 radical (unpaired) electrons. The maximum atomic E-state index is 12.6. The molecule has 10 nitrogen and oxygen atoms in total. The SMILES string of the molecule is CC/C=C\C/C=C\C/C=C\C/C=C\C/C=C\CCCC(=O)O[C@H](COC(=O)CCC/C=C/C=C\C(O)C/C=C\C/C=C\CCCCC)COP(=O)([O-])OCC[N+](C)(C)C. The summed E-state index contributed by atoms with van der Waals surface area (Å²) in [6.45, 7) is 3.81. The third-order valence-electron chi connectivity index (χ3n) is 8.36. The van der Waals surface area contributed by atoms with Crippen molar-refractivity contribution in [1.82, 2.24) is 0 Å². The van der Waals surface area contributed by atoms with Crippen LogP contribution in [0, 0.1) is 0 Å². The number of phosphoric ester groups is 1. The number of carbonyl (C=O) groups excluding carboxylic acids is 2. The topological polar surface area (TPSA) is 131 Å². The van der Waals surface area contributed by atoms with Gasteiger partial charge in [0.05, 0.1) is 33.9 Å². The summed E-state index contributed by atoms with van der Waals surface area (Å²) >= 11 is 0. The molecule has 2 unspecified atom stereocenters. The Morgan fingerprint density at radius 1 is 0.644 bits per heavy atom. The van der Waals surface area contributed by atoms with Crippen LogP contribution in [0.3, 0.4) is 0 Å². The van der Waals surface area contributed by atoms with Crippen molar-refractivity contribution >= 4 is 19.8 Å². The fourth-order valence-electron chi connectivity index (χ4n) is 4.94. The quantitative estimate of drug-likeness (QED) is 0.0162. The number of likely N-dealkylation sites (N-methyl/N-ethyl adjacent to an activating group) is 1. The van der Waals surface area contributed by atoms with Crippen LogP contribution in [0.2, 0.25) is 0 Å². The zero-order chi connectivity index (χ0) is 43.7. The van der Waals surface area contributed by atoms with Crippen LogP contribution in [0.15, 0.2) is 109 Å². The standard InChI is InChI=1S/C48H78NO9P/c1-6-8-10-12-14-16-17-18-19-20-21-22-23-25-27-31-36-40-48(52)58-46(44-57-59(53,54)56-42-41-49(3,4)5)43-55-47(51)39-35-32-28-30-34-38-45(50)37-33-29-26-24-15-13-11-9-7-2/h8,10,14-16,18-19,21-22,24-25,27-30,33-34,38,45-46,50H,6-7,9,11-13,17,20,23,26,31-32,35-37,39-44H2,1-5H3/b10-8-,16-14-,19-18-,22-21-,24-15-,27-25-,30-28+,33-29-,38-34-/t45?,46-/m1/s1. The van der Waals surface area contributed by atoms with E-state index in [-0.39, 0.29) is 26.1 Å². The minimum absolute atomic E-state index is 0.0704. The number of aliphatic hydroxyl groups is 1. The molecule has 0 aromatic carbocycles. The molecule has 0 fully saturated rings. The van der Waals surface area contributed by atoms with E-state index in [0.717, 1.165) is 44.9 Å². The van der Waals surface area contributed by atoms with Crippen molar-refractivity contribution < 1.29 is 47.2 Å². The Hall–Kier alpha value is -3.37. The molecule has 0 amide bonds. The fourth-order valence-corrected chi connectivity index (χ4v) is 5.67. The number of quaternary nitrogens is 1. The molecular formula is C48H78NO9P. The monoisotopic (exact) mass is 844 g/mol. The Labute approximate surface area is 358 Å². The van der Waals surface area contributed by atoms with Crippen molar-refractivity contribution in [2.45, 2.75) is 135 Å². The minimum atomic E-state index is -4.68. The van der Waals surface area contributed by atoms with Gasteiger partial charge in [-0.25, -0.2) is 0 Å². The van der Waals surface area contributed by atoms with Crippen molar-refractivity contribution in [3.05, 3.63) is 109 Å². The van der Waals surface area contributed by atoms with Crippen molar-refractivity contribution in [2.24, 2.45) is 0 Å². The summed E-state index contributed by atoms with van der Waals surface area (Å²) in [6.07, 6.45) is 48.7. The number of hydrogen-bond acceptors (Lipinski definition) is 9. The molecule has 59 heavy (non-hydrogen) atoms. The van der Waals surface area contributed by atoms with Gasteiger partial charge in [-0.1, -0.05) is 136 Å². The van der Waals surface area contributed by atoms with Crippen LogP contribution in [0.25, 0.3) is 0 Å². The van der Waals surface area contributed by atoms with Gasteiger partial charge in [0.25, 0.3) is 7.82 Å². The second-order valence-corrected chi connectivity index (χ2v) is 16.6. The van der Waals surface area contributed by atoms with Gasteiger partial charge in [-0.05, 0) is 83.5 Å². The Balaban J connectivity index is 4.67. The van der Waals surface area contributed by atoms with Gasteiger partial charge in [-0.15, -0.1) is 0 Å². The van der Waals surface area contributed by atoms with Gasteiger partial charge in [0.15, 0.2) is 6.10 Å². The van der Waals surface area contributed by atoms with E-state index in [0.29, 0.717) is 43.1 Å². The predicted molar refractivity (Wildman–Crippen MR) is 241 cm³/mol. The molecule has 0 aromatic rings.